The Morgan fingerprint density at radius 3 is 2.46 bits per heavy atom. The number of nitrogens with one attached hydrogen (secondary N) is 2. The number of hydrazine groups is 1. The van der Waals surface area contributed by atoms with Gasteiger partial charge in [-0.15, -0.1) is 11.8 Å². The normalized spacial score (nSPS) is 10.1. The molecule has 0 unspecified atom stereocenters. The summed E-state index contributed by atoms with van der Waals surface area (Å²) < 4.78 is 5.47. The second-order valence-electron chi connectivity index (χ2n) is 5.26. The van der Waals surface area contributed by atoms with Gasteiger partial charge >= 0.3 is 0 Å². The highest BCUT2D eigenvalue weighted by Crippen LogP contribution is 2.18. The smallest absolute Gasteiger partial charge is 0.276 e. The molecule has 2 aromatic rings. The van der Waals surface area contributed by atoms with Gasteiger partial charge in [-0.05, 0) is 43.2 Å². The Balaban J connectivity index is 1.69. The average molecular weight is 344 g/mol. The van der Waals surface area contributed by atoms with E-state index < -0.39 is 5.91 Å². The zero-order chi connectivity index (χ0) is 17.4. The summed E-state index contributed by atoms with van der Waals surface area (Å²) in [6.45, 7) is 3.71. The maximum absolute atomic E-state index is 11.7. The molecule has 0 fully saturated rings. The molecule has 5 nitrogen and oxygen atoms in total. The minimum atomic E-state index is -0.408. The largest absolute Gasteiger partial charge is 0.483 e. The lowest BCUT2D eigenvalue weighted by Crippen LogP contribution is -2.44. The van der Waals surface area contributed by atoms with Crippen LogP contribution in [0, 0.1) is 13.8 Å². The van der Waals surface area contributed by atoms with E-state index in [0.29, 0.717) is 5.75 Å². The molecule has 2 N–H and O–H groups in total. The number of ether oxygens (including phenoxy) is 1. The van der Waals surface area contributed by atoms with Crippen LogP contribution in [0.25, 0.3) is 0 Å². The molecule has 0 bridgehead atoms. The number of carbonyl (C=O) groups is 2. The van der Waals surface area contributed by atoms with Crippen LogP contribution in [0.3, 0.4) is 0 Å². The summed E-state index contributed by atoms with van der Waals surface area (Å²) in [5, 5.41) is 0. The van der Waals surface area contributed by atoms with Crippen LogP contribution in [0.1, 0.15) is 11.1 Å². The Hall–Kier alpha value is -2.47. The van der Waals surface area contributed by atoms with Gasteiger partial charge in [-0.2, -0.15) is 0 Å². The van der Waals surface area contributed by atoms with E-state index in [1.807, 2.05) is 62.4 Å². The number of hydrogen-bond acceptors (Lipinski definition) is 4. The average Bonchev–Trinajstić information content (AvgIpc) is 2.59. The molecular formula is C18H20N2O3S. The molecule has 0 atom stereocenters. The molecule has 0 aromatic heterocycles. The quantitative estimate of drug-likeness (QED) is 0.624. The molecule has 2 amide bonds. The highest BCUT2D eigenvalue weighted by Gasteiger charge is 2.07. The molecular weight excluding hydrogens is 324 g/mol. The van der Waals surface area contributed by atoms with Gasteiger partial charge in [0, 0.05) is 4.90 Å². The summed E-state index contributed by atoms with van der Waals surface area (Å²) in [7, 11) is 0. The Kier molecular flexibility index (Phi) is 6.69. The van der Waals surface area contributed by atoms with E-state index in [-0.39, 0.29) is 18.3 Å². The lowest BCUT2D eigenvalue weighted by molar-refractivity contribution is -0.128. The third kappa shape index (κ3) is 5.96. The Bertz CT molecular complexity index is 705. The van der Waals surface area contributed by atoms with Gasteiger partial charge in [-0.25, -0.2) is 0 Å². The summed E-state index contributed by atoms with van der Waals surface area (Å²) in [6, 6.07) is 15.4. The topological polar surface area (TPSA) is 67.4 Å². The first-order valence-electron chi connectivity index (χ1n) is 7.50. The molecule has 0 heterocycles. The summed E-state index contributed by atoms with van der Waals surface area (Å²) >= 11 is 1.40. The van der Waals surface area contributed by atoms with Gasteiger partial charge in [-0.3, -0.25) is 20.4 Å². The van der Waals surface area contributed by atoms with Gasteiger partial charge in [0.1, 0.15) is 5.75 Å². The SMILES string of the molecule is Cc1ccc(C)c(OCC(=O)NNC(=O)CSc2ccccc2)c1. The van der Waals surface area contributed by atoms with Crippen molar-refractivity contribution < 1.29 is 14.3 Å². The maximum Gasteiger partial charge on any atom is 0.276 e. The van der Waals surface area contributed by atoms with E-state index >= 15 is 0 Å². The molecule has 0 saturated heterocycles. The van der Waals surface area contributed by atoms with Gasteiger partial charge in [-0.1, -0.05) is 30.3 Å². The molecule has 0 spiro atoms. The Morgan fingerprint density at radius 2 is 1.71 bits per heavy atom. The minimum Gasteiger partial charge on any atom is -0.483 e. The van der Waals surface area contributed by atoms with Crippen molar-refractivity contribution in [2.45, 2.75) is 18.7 Å². The van der Waals surface area contributed by atoms with Crippen LogP contribution < -0.4 is 15.6 Å². The fourth-order valence-corrected chi connectivity index (χ4v) is 2.60. The molecule has 0 aliphatic rings. The summed E-state index contributed by atoms with van der Waals surface area (Å²) in [5.41, 5.74) is 6.73. The molecule has 0 aliphatic carbocycles. The standard InChI is InChI=1S/C18H20N2O3S/c1-13-8-9-14(2)16(10-13)23-11-17(21)19-20-18(22)12-24-15-6-4-3-5-7-15/h3-10H,11-12H2,1-2H3,(H,19,21)(H,20,22). The molecule has 0 radical (unpaired) electrons. The van der Waals surface area contributed by atoms with Crippen molar-refractivity contribution in [1.82, 2.24) is 10.9 Å². The van der Waals surface area contributed by atoms with Crippen molar-refractivity contribution in [3.8, 4) is 5.75 Å². The third-order valence-electron chi connectivity index (χ3n) is 3.16. The maximum atomic E-state index is 11.7. The van der Waals surface area contributed by atoms with Crippen LogP contribution in [-0.2, 0) is 9.59 Å². The van der Waals surface area contributed by atoms with Crippen molar-refractivity contribution in [2.75, 3.05) is 12.4 Å². The molecule has 6 heteroatoms. The van der Waals surface area contributed by atoms with Crippen LogP contribution in [-0.4, -0.2) is 24.2 Å². The van der Waals surface area contributed by atoms with E-state index in [2.05, 4.69) is 10.9 Å². The van der Waals surface area contributed by atoms with Crippen molar-refractivity contribution in [2.24, 2.45) is 0 Å². The van der Waals surface area contributed by atoms with Gasteiger partial charge in [0.05, 0.1) is 5.75 Å². The van der Waals surface area contributed by atoms with E-state index in [4.69, 9.17) is 4.74 Å². The van der Waals surface area contributed by atoms with Gasteiger partial charge in [0.15, 0.2) is 6.61 Å². The lowest BCUT2D eigenvalue weighted by Gasteiger charge is -2.11. The van der Waals surface area contributed by atoms with Crippen molar-refractivity contribution in [1.29, 1.82) is 0 Å². The minimum absolute atomic E-state index is 0.156. The fraction of sp³-hybridized carbons (Fsp3) is 0.222. The molecule has 2 rings (SSSR count). The van der Waals surface area contributed by atoms with Crippen LogP contribution in [0.4, 0.5) is 0 Å². The van der Waals surface area contributed by atoms with E-state index in [1.54, 1.807) is 0 Å². The van der Waals surface area contributed by atoms with Gasteiger partial charge in [0.25, 0.3) is 5.91 Å². The molecule has 2 aromatic carbocycles. The number of benzene rings is 2. The van der Waals surface area contributed by atoms with E-state index in [9.17, 15) is 9.59 Å². The van der Waals surface area contributed by atoms with Crippen molar-refractivity contribution >= 4 is 23.6 Å². The first-order chi connectivity index (χ1) is 11.5. The molecule has 0 aliphatic heterocycles. The van der Waals surface area contributed by atoms with E-state index in [0.717, 1.165) is 16.0 Å². The van der Waals surface area contributed by atoms with Crippen LogP contribution in [0.15, 0.2) is 53.4 Å². The number of aryl methyl sites for hydroxylation is 2. The lowest BCUT2D eigenvalue weighted by atomic mass is 10.1. The zero-order valence-electron chi connectivity index (χ0n) is 13.7. The second-order valence-corrected chi connectivity index (χ2v) is 6.30. The first kappa shape index (κ1) is 17.9. The van der Waals surface area contributed by atoms with Crippen LogP contribution in [0.2, 0.25) is 0 Å². The predicted octanol–water partition coefficient (Wildman–Crippen LogP) is 2.62. The number of thioether (sulfide) groups is 1. The number of rotatable bonds is 6. The Morgan fingerprint density at radius 1 is 1.00 bits per heavy atom. The second kappa shape index (κ2) is 8.98. The molecule has 24 heavy (non-hydrogen) atoms. The molecule has 126 valence electrons. The Labute approximate surface area is 145 Å². The summed E-state index contributed by atoms with van der Waals surface area (Å²) in [4.78, 5) is 24.4. The fourth-order valence-electron chi connectivity index (χ4n) is 1.88. The highest BCUT2D eigenvalue weighted by atomic mass is 32.2. The zero-order valence-corrected chi connectivity index (χ0v) is 14.5. The van der Waals surface area contributed by atoms with Gasteiger partial charge in [0.2, 0.25) is 5.91 Å². The molecule has 0 saturated carbocycles. The van der Waals surface area contributed by atoms with Crippen LogP contribution in [0.5, 0.6) is 5.75 Å². The number of carbonyl (C=O) groups excluding carboxylic acids is 2. The van der Waals surface area contributed by atoms with Crippen molar-refractivity contribution in [3.63, 3.8) is 0 Å². The number of amides is 2. The number of hydrogen-bond donors (Lipinski definition) is 2. The third-order valence-corrected chi connectivity index (χ3v) is 4.17. The first-order valence-corrected chi connectivity index (χ1v) is 8.49. The van der Waals surface area contributed by atoms with E-state index in [1.165, 1.54) is 11.8 Å². The predicted molar refractivity (Wildman–Crippen MR) is 94.9 cm³/mol. The summed E-state index contributed by atoms with van der Waals surface area (Å²) in [6.07, 6.45) is 0. The highest BCUT2D eigenvalue weighted by molar-refractivity contribution is 8.00. The summed E-state index contributed by atoms with van der Waals surface area (Å²) in [5.74, 6) is 0.205. The monoisotopic (exact) mass is 344 g/mol. The van der Waals surface area contributed by atoms with Crippen molar-refractivity contribution in [3.05, 3.63) is 59.7 Å². The van der Waals surface area contributed by atoms with Crippen LogP contribution >= 0.6 is 11.8 Å². The van der Waals surface area contributed by atoms with Gasteiger partial charge < -0.3 is 4.74 Å².